The van der Waals surface area contributed by atoms with Crippen molar-refractivity contribution in [2.24, 2.45) is 5.92 Å². The maximum Gasteiger partial charge on any atom is 0.0133 e. The Morgan fingerprint density at radius 1 is 1.36 bits per heavy atom. The molecule has 0 aromatic heterocycles. The molecule has 0 aromatic rings. The molecule has 0 unspecified atom stereocenters. The Bertz CT molecular complexity index is 214. The largest absolute Gasteiger partial charge is 0.297 e. The number of rotatable bonds is 2. The third kappa shape index (κ3) is 2.16. The molecule has 2 heteroatoms. The van der Waals surface area contributed by atoms with Crippen molar-refractivity contribution in [3.63, 3.8) is 0 Å². The van der Waals surface area contributed by atoms with Gasteiger partial charge in [0.15, 0.2) is 0 Å². The molecule has 2 saturated heterocycles. The Morgan fingerprint density at radius 2 is 2.21 bits per heavy atom. The monoisotopic (exact) mass is 305 g/mol. The summed E-state index contributed by atoms with van der Waals surface area (Å²) in [5, 5.41) is 0. The van der Waals surface area contributed by atoms with Gasteiger partial charge in [0, 0.05) is 12.1 Å². The van der Waals surface area contributed by atoms with Gasteiger partial charge >= 0.3 is 0 Å². The van der Waals surface area contributed by atoms with E-state index < -0.39 is 0 Å². The van der Waals surface area contributed by atoms with Crippen molar-refractivity contribution in [2.45, 2.75) is 51.1 Å². The van der Waals surface area contributed by atoms with Crippen LogP contribution in [-0.4, -0.2) is 23.5 Å². The summed E-state index contributed by atoms with van der Waals surface area (Å²) in [5.74, 6) is 0.942. The molecule has 2 heterocycles. The topological polar surface area (TPSA) is 3.24 Å². The van der Waals surface area contributed by atoms with Crippen LogP contribution in [0.4, 0.5) is 0 Å². The molecule has 2 rings (SSSR count). The molecule has 0 aliphatic carbocycles. The number of hydrogen-bond donors (Lipinski definition) is 0. The van der Waals surface area contributed by atoms with Crippen LogP contribution in [0.2, 0.25) is 0 Å². The van der Waals surface area contributed by atoms with Crippen molar-refractivity contribution < 1.29 is 0 Å². The summed E-state index contributed by atoms with van der Waals surface area (Å²) in [6, 6.07) is 1.76. The van der Waals surface area contributed by atoms with E-state index in [1.54, 1.807) is 0 Å². The van der Waals surface area contributed by atoms with E-state index in [0.717, 1.165) is 18.0 Å². The predicted octanol–water partition coefficient (Wildman–Crippen LogP) is 3.59. The highest BCUT2D eigenvalue weighted by Crippen LogP contribution is 2.36. The fraction of sp³-hybridized carbons (Fsp3) is 0.833. The predicted molar refractivity (Wildman–Crippen MR) is 69.7 cm³/mol. The van der Waals surface area contributed by atoms with Crippen molar-refractivity contribution in [2.75, 3.05) is 6.54 Å². The van der Waals surface area contributed by atoms with Gasteiger partial charge in [-0.3, -0.25) is 4.90 Å². The second-order valence-electron chi connectivity index (χ2n) is 4.75. The van der Waals surface area contributed by atoms with Gasteiger partial charge in [0.1, 0.15) is 0 Å². The normalized spacial score (nSPS) is 39.1. The van der Waals surface area contributed by atoms with Crippen LogP contribution in [0.25, 0.3) is 0 Å². The lowest BCUT2D eigenvalue weighted by atomic mass is 9.86. The Morgan fingerprint density at radius 3 is 3.00 bits per heavy atom. The third-order valence-corrected chi connectivity index (χ3v) is 4.43. The zero-order valence-electron chi connectivity index (χ0n) is 8.95. The molecule has 0 N–H and O–H groups in total. The SMILES string of the molecule is C[C@@H]1CC[C@@H](C/C=C\I)N2CCC[C@@H]12. The Kier molecular flexibility index (Phi) is 3.88. The van der Waals surface area contributed by atoms with Gasteiger partial charge in [-0.1, -0.05) is 35.6 Å². The van der Waals surface area contributed by atoms with Gasteiger partial charge in [-0.25, -0.2) is 0 Å². The van der Waals surface area contributed by atoms with Gasteiger partial charge in [0.25, 0.3) is 0 Å². The minimum Gasteiger partial charge on any atom is -0.297 e. The van der Waals surface area contributed by atoms with Crippen molar-refractivity contribution >= 4 is 22.6 Å². The van der Waals surface area contributed by atoms with E-state index in [-0.39, 0.29) is 0 Å². The fourth-order valence-corrected chi connectivity index (χ4v) is 3.45. The van der Waals surface area contributed by atoms with Gasteiger partial charge < -0.3 is 0 Å². The van der Waals surface area contributed by atoms with Crippen LogP contribution in [0.1, 0.15) is 39.0 Å². The molecule has 0 saturated carbocycles. The molecule has 0 aromatic carbocycles. The highest BCUT2D eigenvalue weighted by Gasteiger charge is 2.37. The fourth-order valence-electron chi connectivity index (χ4n) is 3.15. The minimum atomic E-state index is 0.852. The van der Waals surface area contributed by atoms with E-state index in [9.17, 15) is 0 Å². The standard InChI is InChI=1S/C12H20IN/c1-10-6-7-11(4-2-8-13)14-9-3-5-12(10)14/h2,8,10-12H,3-7,9H2,1H3/b8-2-/t10-,11-,12+/m1/s1. The molecule has 14 heavy (non-hydrogen) atoms. The summed E-state index contributed by atoms with van der Waals surface area (Å²) < 4.78 is 2.17. The van der Waals surface area contributed by atoms with Crippen molar-refractivity contribution in [3.05, 3.63) is 10.2 Å². The molecule has 0 spiro atoms. The maximum absolute atomic E-state index is 2.78. The molecular formula is C12H20IN. The molecule has 80 valence electrons. The first-order valence-corrected chi connectivity index (χ1v) is 7.08. The number of nitrogens with zero attached hydrogens (tertiary/aromatic N) is 1. The van der Waals surface area contributed by atoms with E-state index >= 15 is 0 Å². The van der Waals surface area contributed by atoms with Crippen molar-refractivity contribution in [3.8, 4) is 0 Å². The Hall–Kier alpha value is 0.430. The van der Waals surface area contributed by atoms with Crippen LogP contribution < -0.4 is 0 Å². The van der Waals surface area contributed by atoms with Crippen LogP contribution >= 0.6 is 22.6 Å². The Balaban J connectivity index is 1.98. The summed E-state index contributed by atoms with van der Waals surface area (Å²) in [6.07, 6.45) is 9.34. The lowest BCUT2D eigenvalue weighted by Gasteiger charge is -2.41. The lowest BCUT2D eigenvalue weighted by molar-refractivity contribution is 0.0832. The molecule has 2 aliphatic rings. The minimum absolute atomic E-state index is 0.852. The summed E-state index contributed by atoms with van der Waals surface area (Å²) in [7, 11) is 0. The smallest absolute Gasteiger partial charge is 0.0133 e. The van der Waals surface area contributed by atoms with E-state index in [2.05, 4.69) is 44.6 Å². The molecule has 3 atom stereocenters. The zero-order chi connectivity index (χ0) is 9.97. The first-order chi connectivity index (χ1) is 6.83. The molecule has 0 radical (unpaired) electrons. The average molecular weight is 305 g/mol. The van der Waals surface area contributed by atoms with Gasteiger partial charge in [-0.05, 0) is 48.6 Å². The summed E-state index contributed by atoms with van der Waals surface area (Å²) in [6.45, 7) is 3.79. The van der Waals surface area contributed by atoms with Crippen LogP contribution in [0.5, 0.6) is 0 Å². The van der Waals surface area contributed by atoms with E-state index in [1.165, 1.54) is 38.6 Å². The van der Waals surface area contributed by atoms with Crippen LogP contribution in [0.3, 0.4) is 0 Å². The highest BCUT2D eigenvalue weighted by atomic mass is 127. The van der Waals surface area contributed by atoms with E-state index in [1.807, 2.05) is 0 Å². The molecule has 1 nitrogen and oxygen atoms in total. The first kappa shape index (κ1) is 10.9. The second-order valence-corrected chi connectivity index (χ2v) is 5.47. The first-order valence-electron chi connectivity index (χ1n) is 5.84. The quantitative estimate of drug-likeness (QED) is 0.705. The van der Waals surface area contributed by atoms with Crippen molar-refractivity contribution in [1.29, 1.82) is 0 Å². The van der Waals surface area contributed by atoms with Gasteiger partial charge in [-0.2, -0.15) is 0 Å². The molecule has 0 amide bonds. The number of fused-ring (bicyclic) bond motifs is 1. The van der Waals surface area contributed by atoms with Gasteiger partial charge in [0.2, 0.25) is 0 Å². The van der Waals surface area contributed by atoms with Gasteiger partial charge in [0.05, 0.1) is 0 Å². The lowest BCUT2D eigenvalue weighted by Crippen LogP contribution is -2.46. The molecule has 0 bridgehead atoms. The average Bonchev–Trinajstić information content (AvgIpc) is 2.66. The third-order valence-electron chi connectivity index (χ3n) is 3.92. The Labute approximate surface area is 101 Å². The summed E-state index contributed by atoms with van der Waals surface area (Å²) >= 11 is 2.33. The summed E-state index contributed by atoms with van der Waals surface area (Å²) in [4.78, 5) is 2.78. The van der Waals surface area contributed by atoms with Crippen LogP contribution in [0, 0.1) is 5.92 Å². The summed E-state index contributed by atoms with van der Waals surface area (Å²) in [5.41, 5.74) is 0. The zero-order valence-corrected chi connectivity index (χ0v) is 11.1. The number of hydrogen-bond acceptors (Lipinski definition) is 1. The number of piperidine rings is 1. The van der Waals surface area contributed by atoms with E-state index in [4.69, 9.17) is 0 Å². The molecular weight excluding hydrogens is 285 g/mol. The van der Waals surface area contributed by atoms with Gasteiger partial charge in [-0.15, -0.1) is 0 Å². The van der Waals surface area contributed by atoms with Crippen LogP contribution in [-0.2, 0) is 0 Å². The second kappa shape index (κ2) is 4.97. The molecule has 2 aliphatic heterocycles. The molecule has 2 fully saturated rings. The number of halogens is 1. The highest BCUT2D eigenvalue weighted by molar-refractivity contribution is 14.1. The maximum atomic E-state index is 2.78. The van der Waals surface area contributed by atoms with E-state index in [0.29, 0.717) is 0 Å². The van der Waals surface area contributed by atoms with Crippen LogP contribution in [0.15, 0.2) is 10.2 Å². The van der Waals surface area contributed by atoms with Crippen molar-refractivity contribution in [1.82, 2.24) is 4.90 Å².